The highest BCUT2D eigenvalue weighted by atomic mass is 16.1. The lowest BCUT2D eigenvalue weighted by atomic mass is 10.2. The lowest BCUT2D eigenvalue weighted by molar-refractivity contribution is 0.814. The second kappa shape index (κ2) is 2.95. The number of hydrogen-bond donors (Lipinski definition) is 1. The van der Waals surface area contributed by atoms with Gasteiger partial charge in [-0.05, 0) is 18.2 Å². The Bertz CT molecular complexity index is 613. The average Bonchev–Trinajstić information content (AvgIpc) is 2.30. The zero-order chi connectivity index (χ0) is 10.3. The molecule has 74 valence electrons. The molecule has 1 N–H and O–H groups in total. The van der Waals surface area contributed by atoms with Crippen LogP contribution in [0.2, 0.25) is 0 Å². The van der Waals surface area contributed by atoms with Crippen molar-refractivity contribution in [1.29, 1.82) is 0 Å². The molecule has 4 heteroatoms. The number of allylic oxidation sites excluding steroid dienone is 1. The Hall–Kier alpha value is -2.10. The van der Waals surface area contributed by atoms with Crippen LogP contribution in [-0.4, -0.2) is 9.55 Å². The number of nitrogens with one attached hydrogen (secondary N) is 1. The molecule has 2 heterocycles. The number of aromatic nitrogens is 2. The summed E-state index contributed by atoms with van der Waals surface area (Å²) in [7, 11) is 0. The summed E-state index contributed by atoms with van der Waals surface area (Å²) in [5.74, 6) is 0.612. The van der Waals surface area contributed by atoms with Crippen molar-refractivity contribution in [2.45, 2.75) is 6.54 Å². The maximum atomic E-state index is 11.7. The van der Waals surface area contributed by atoms with Gasteiger partial charge in [0.25, 0.3) is 5.56 Å². The quantitative estimate of drug-likeness (QED) is 0.696. The zero-order valence-corrected chi connectivity index (χ0v) is 7.97. The summed E-state index contributed by atoms with van der Waals surface area (Å²) in [4.78, 5) is 15.6. The van der Waals surface area contributed by atoms with Gasteiger partial charge in [-0.25, -0.2) is 0 Å². The first-order valence-corrected chi connectivity index (χ1v) is 4.77. The summed E-state index contributed by atoms with van der Waals surface area (Å²) in [6.45, 7) is 0.746. The van der Waals surface area contributed by atoms with E-state index in [2.05, 4.69) is 10.3 Å². The molecule has 4 nitrogen and oxygen atoms in total. The fraction of sp³-hybridized carbons (Fsp3) is 0.0909. The van der Waals surface area contributed by atoms with E-state index in [1.807, 2.05) is 28.8 Å². The van der Waals surface area contributed by atoms with Gasteiger partial charge >= 0.3 is 0 Å². The van der Waals surface area contributed by atoms with Crippen LogP contribution in [0.15, 0.2) is 41.3 Å². The number of rotatable bonds is 0. The van der Waals surface area contributed by atoms with Crippen molar-refractivity contribution in [3.8, 4) is 0 Å². The van der Waals surface area contributed by atoms with Crippen molar-refractivity contribution in [1.82, 2.24) is 9.55 Å². The standard InChI is InChI=1S/C11H9N3O/c15-10-8-4-1-2-5-9(8)14-7-3-6-12-11(14)13-10/h1-6H,7H2,(H,12,13,15). The van der Waals surface area contributed by atoms with Gasteiger partial charge in [0.1, 0.15) is 0 Å². The van der Waals surface area contributed by atoms with Crippen LogP contribution in [0, 0.1) is 0 Å². The van der Waals surface area contributed by atoms with Crippen molar-refractivity contribution < 1.29 is 0 Å². The maximum Gasteiger partial charge on any atom is 0.282 e. The second-order valence-corrected chi connectivity index (χ2v) is 3.42. The molecule has 0 spiro atoms. The molecule has 1 aliphatic heterocycles. The van der Waals surface area contributed by atoms with Crippen LogP contribution in [0.1, 0.15) is 0 Å². The predicted octanol–water partition coefficient (Wildman–Crippen LogP) is 1.34. The third kappa shape index (κ3) is 1.15. The molecule has 1 aromatic heterocycles. The summed E-state index contributed by atoms with van der Waals surface area (Å²) in [5, 5.41) is 3.63. The summed E-state index contributed by atoms with van der Waals surface area (Å²) < 4.78 is 1.98. The normalized spacial score (nSPS) is 13.6. The van der Waals surface area contributed by atoms with Crippen molar-refractivity contribution >= 4 is 16.9 Å². The van der Waals surface area contributed by atoms with Crippen molar-refractivity contribution in [3.63, 3.8) is 0 Å². The fourth-order valence-electron chi connectivity index (χ4n) is 1.81. The van der Waals surface area contributed by atoms with E-state index in [0.29, 0.717) is 11.3 Å². The molecular formula is C11H9N3O. The molecule has 0 aliphatic carbocycles. The van der Waals surface area contributed by atoms with Crippen molar-refractivity contribution in [2.75, 3.05) is 5.32 Å². The van der Waals surface area contributed by atoms with Gasteiger partial charge in [0.2, 0.25) is 5.95 Å². The molecule has 0 amide bonds. The van der Waals surface area contributed by atoms with Gasteiger partial charge in [0, 0.05) is 12.7 Å². The molecule has 2 aromatic rings. The highest BCUT2D eigenvalue weighted by Crippen LogP contribution is 2.16. The smallest absolute Gasteiger partial charge is 0.282 e. The Morgan fingerprint density at radius 3 is 3.13 bits per heavy atom. The molecule has 0 saturated heterocycles. The van der Waals surface area contributed by atoms with Crippen LogP contribution >= 0.6 is 0 Å². The van der Waals surface area contributed by atoms with Crippen molar-refractivity contribution in [2.24, 2.45) is 0 Å². The molecule has 0 fully saturated rings. The van der Waals surface area contributed by atoms with Gasteiger partial charge in [0.15, 0.2) is 0 Å². The molecule has 0 radical (unpaired) electrons. The highest BCUT2D eigenvalue weighted by molar-refractivity contribution is 5.79. The molecule has 0 saturated carbocycles. The first-order valence-electron chi connectivity index (χ1n) is 4.77. The molecule has 1 aliphatic rings. The zero-order valence-electron chi connectivity index (χ0n) is 7.97. The number of hydrogen-bond acceptors (Lipinski definition) is 3. The Morgan fingerprint density at radius 2 is 2.20 bits per heavy atom. The number of benzene rings is 1. The van der Waals surface area contributed by atoms with E-state index in [1.165, 1.54) is 0 Å². The Balaban J connectivity index is 2.47. The van der Waals surface area contributed by atoms with E-state index < -0.39 is 0 Å². The van der Waals surface area contributed by atoms with E-state index in [4.69, 9.17) is 0 Å². The van der Waals surface area contributed by atoms with Crippen LogP contribution in [0.4, 0.5) is 5.95 Å². The first kappa shape index (κ1) is 8.23. The van der Waals surface area contributed by atoms with E-state index in [9.17, 15) is 4.79 Å². The molecule has 0 bridgehead atoms. The van der Waals surface area contributed by atoms with Gasteiger partial charge in [-0.1, -0.05) is 12.1 Å². The van der Waals surface area contributed by atoms with E-state index in [-0.39, 0.29) is 5.56 Å². The van der Waals surface area contributed by atoms with E-state index >= 15 is 0 Å². The maximum absolute atomic E-state index is 11.7. The van der Waals surface area contributed by atoms with E-state index in [0.717, 1.165) is 12.1 Å². The summed E-state index contributed by atoms with van der Waals surface area (Å²) >= 11 is 0. The first-order chi connectivity index (χ1) is 7.36. The average molecular weight is 199 g/mol. The minimum atomic E-state index is -0.181. The molecule has 15 heavy (non-hydrogen) atoms. The lowest BCUT2D eigenvalue weighted by Crippen LogP contribution is -2.19. The van der Waals surface area contributed by atoms with Crippen LogP contribution in [0.25, 0.3) is 10.9 Å². The topological polar surface area (TPSA) is 46.9 Å². The van der Waals surface area contributed by atoms with Crippen LogP contribution in [0.5, 0.6) is 0 Å². The van der Waals surface area contributed by atoms with Crippen LogP contribution in [-0.2, 0) is 6.54 Å². The minimum Gasteiger partial charge on any atom is -0.332 e. The largest absolute Gasteiger partial charge is 0.332 e. The molecule has 0 atom stereocenters. The van der Waals surface area contributed by atoms with Gasteiger partial charge in [-0.15, -0.1) is 0 Å². The Kier molecular flexibility index (Phi) is 1.62. The number of para-hydroxylation sites is 1. The van der Waals surface area contributed by atoms with E-state index in [1.54, 1.807) is 12.3 Å². The minimum absolute atomic E-state index is 0.181. The molecule has 3 rings (SSSR count). The van der Waals surface area contributed by atoms with Gasteiger partial charge in [0.05, 0.1) is 10.9 Å². The predicted molar refractivity (Wildman–Crippen MR) is 58.8 cm³/mol. The van der Waals surface area contributed by atoms with Gasteiger partial charge in [-0.3, -0.25) is 4.79 Å². The fourth-order valence-corrected chi connectivity index (χ4v) is 1.81. The van der Waals surface area contributed by atoms with Crippen LogP contribution in [0.3, 0.4) is 0 Å². The highest BCUT2D eigenvalue weighted by Gasteiger charge is 2.10. The second-order valence-electron chi connectivity index (χ2n) is 3.42. The number of anilines is 1. The van der Waals surface area contributed by atoms with Gasteiger partial charge < -0.3 is 9.88 Å². The third-order valence-electron chi connectivity index (χ3n) is 2.51. The summed E-state index contributed by atoms with van der Waals surface area (Å²) in [5.41, 5.74) is 0.740. The Morgan fingerprint density at radius 1 is 1.33 bits per heavy atom. The number of nitrogens with zero attached hydrogens (tertiary/aromatic N) is 2. The van der Waals surface area contributed by atoms with Gasteiger partial charge in [-0.2, -0.15) is 4.98 Å². The molecular weight excluding hydrogens is 190 g/mol. The third-order valence-corrected chi connectivity index (χ3v) is 2.51. The molecule has 1 aromatic carbocycles. The monoisotopic (exact) mass is 199 g/mol. The SMILES string of the molecule is O=c1nc2n(c3ccccc13)CC=CN2. The summed E-state index contributed by atoms with van der Waals surface area (Å²) in [6.07, 6.45) is 3.79. The summed E-state index contributed by atoms with van der Waals surface area (Å²) in [6, 6.07) is 7.51. The van der Waals surface area contributed by atoms with Crippen molar-refractivity contribution in [3.05, 3.63) is 46.9 Å². The number of fused-ring (bicyclic) bond motifs is 3. The lowest BCUT2D eigenvalue weighted by Gasteiger charge is -2.16. The van der Waals surface area contributed by atoms with Crippen LogP contribution < -0.4 is 10.9 Å². The Labute approximate surface area is 85.9 Å². The molecule has 0 unspecified atom stereocenters.